The van der Waals surface area contributed by atoms with E-state index >= 15 is 0 Å². The molecule has 0 fully saturated rings. The first-order valence-corrected chi connectivity index (χ1v) is 7.42. The van der Waals surface area contributed by atoms with Gasteiger partial charge in [0.05, 0.1) is 18.1 Å². The lowest BCUT2D eigenvalue weighted by Crippen LogP contribution is -2.32. The van der Waals surface area contributed by atoms with Gasteiger partial charge in [-0.05, 0) is 30.2 Å². The molecule has 0 amide bonds. The highest BCUT2D eigenvalue weighted by Crippen LogP contribution is 2.24. The van der Waals surface area contributed by atoms with Gasteiger partial charge in [0.1, 0.15) is 24.1 Å². The molecule has 2 rings (SSSR count). The van der Waals surface area contributed by atoms with Crippen LogP contribution in [0.15, 0.2) is 42.5 Å². The number of hydrogen-bond donors (Lipinski definition) is 2. The summed E-state index contributed by atoms with van der Waals surface area (Å²) in [6.45, 7) is 0.112. The molecule has 25 heavy (non-hydrogen) atoms. The topological polar surface area (TPSA) is 125 Å². The molecule has 2 aromatic rings. The van der Waals surface area contributed by atoms with Crippen LogP contribution in [-0.4, -0.2) is 29.2 Å². The van der Waals surface area contributed by atoms with Crippen molar-refractivity contribution in [3.05, 3.63) is 63.7 Å². The Balaban J connectivity index is 2.15. The summed E-state index contributed by atoms with van der Waals surface area (Å²) in [5.41, 5.74) is 6.90. The van der Waals surface area contributed by atoms with Gasteiger partial charge in [-0.3, -0.25) is 14.9 Å². The van der Waals surface area contributed by atoms with Crippen molar-refractivity contribution in [2.24, 2.45) is 5.73 Å². The molecule has 0 bridgehead atoms. The van der Waals surface area contributed by atoms with Crippen LogP contribution < -0.4 is 15.2 Å². The standard InChI is InChI=1S/C17H18N2O6/c1-24-16-6-5-11(8-15(18)17(20)21)7-12(16)10-25-14-4-2-3-13(9-14)19(22)23/h2-7,9,15H,8,10,18H2,1H3,(H,20,21). The smallest absolute Gasteiger partial charge is 0.320 e. The van der Waals surface area contributed by atoms with E-state index in [1.165, 1.54) is 25.3 Å². The Morgan fingerprint density at radius 2 is 2.08 bits per heavy atom. The van der Waals surface area contributed by atoms with Gasteiger partial charge in [0.25, 0.3) is 5.69 Å². The quantitative estimate of drug-likeness (QED) is 0.554. The Hall–Kier alpha value is -3.13. The van der Waals surface area contributed by atoms with Crippen LogP contribution in [0, 0.1) is 10.1 Å². The normalized spacial score (nSPS) is 11.6. The van der Waals surface area contributed by atoms with Crippen molar-refractivity contribution in [3.8, 4) is 11.5 Å². The second kappa shape index (κ2) is 8.11. The number of methoxy groups -OCH3 is 1. The molecule has 8 nitrogen and oxygen atoms in total. The van der Waals surface area contributed by atoms with Gasteiger partial charge in [-0.1, -0.05) is 12.1 Å². The largest absolute Gasteiger partial charge is 0.496 e. The molecule has 1 atom stereocenters. The summed E-state index contributed by atoms with van der Waals surface area (Å²) in [6, 6.07) is 10.0. The number of nitro groups is 1. The first-order valence-electron chi connectivity index (χ1n) is 7.42. The van der Waals surface area contributed by atoms with Gasteiger partial charge >= 0.3 is 5.97 Å². The zero-order valence-corrected chi connectivity index (χ0v) is 13.5. The SMILES string of the molecule is COc1ccc(CC(N)C(=O)O)cc1COc1cccc([N+](=O)[O-])c1. The molecule has 132 valence electrons. The average molecular weight is 346 g/mol. The van der Waals surface area contributed by atoms with Gasteiger partial charge in [0.2, 0.25) is 0 Å². The highest BCUT2D eigenvalue weighted by molar-refractivity contribution is 5.73. The maximum absolute atomic E-state index is 10.9. The van der Waals surface area contributed by atoms with E-state index in [9.17, 15) is 14.9 Å². The summed E-state index contributed by atoms with van der Waals surface area (Å²) in [5.74, 6) is -0.160. The fraction of sp³-hybridized carbons (Fsp3) is 0.235. The average Bonchev–Trinajstić information content (AvgIpc) is 2.60. The van der Waals surface area contributed by atoms with E-state index in [1.807, 2.05) is 0 Å². The van der Waals surface area contributed by atoms with Gasteiger partial charge in [-0.2, -0.15) is 0 Å². The van der Waals surface area contributed by atoms with E-state index in [-0.39, 0.29) is 18.7 Å². The Morgan fingerprint density at radius 1 is 1.32 bits per heavy atom. The molecule has 0 aliphatic carbocycles. The molecule has 2 aromatic carbocycles. The van der Waals surface area contributed by atoms with Crippen LogP contribution >= 0.6 is 0 Å². The Kier molecular flexibility index (Phi) is 5.91. The summed E-state index contributed by atoms with van der Waals surface area (Å²) in [5, 5.41) is 19.7. The second-order valence-corrected chi connectivity index (χ2v) is 5.34. The van der Waals surface area contributed by atoms with E-state index in [1.54, 1.807) is 24.3 Å². The summed E-state index contributed by atoms with van der Waals surface area (Å²) in [6.07, 6.45) is 0.170. The van der Waals surface area contributed by atoms with E-state index in [0.717, 1.165) is 5.56 Å². The molecule has 0 spiro atoms. The fourth-order valence-electron chi connectivity index (χ4n) is 2.26. The van der Waals surface area contributed by atoms with E-state index in [4.69, 9.17) is 20.3 Å². The minimum absolute atomic E-state index is 0.0642. The number of nitro benzene ring substituents is 1. The molecule has 0 saturated heterocycles. The molecular weight excluding hydrogens is 328 g/mol. The first-order chi connectivity index (χ1) is 11.9. The second-order valence-electron chi connectivity index (χ2n) is 5.34. The van der Waals surface area contributed by atoms with Gasteiger partial charge in [0.15, 0.2) is 0 Å². The van der Waals surface area contributed by atoms with Crippen LogP contribution in [0.1, 0.15) is 11.1 Å². The predicted molar refractivity (Wildman–Crippen MR) is 89.7 cm³/mol. The number of ether oxygens (including phenoxy) is 2. The third kappa shape index (κ3) is 4.92. The number of carbonyl (C=O) groups is 1. The third-order valence-corrected chi connectivity index (χ3v) is 3.54. The molecule has 0 heterocycles. The highest BCUT2D eigenvalue weighted by atomic mass is 16.6. The molecule has 8 heteroatoms. The molecule has 0 aliphatic rings. The lowest BCUT2D eigenvalue weighted by Gasteiger charge is -2.13. The summed E-state index contributed by atoms with van der Waals surface area (Å²) >= 11 is 0. The van der Waals surface area contributed by atoms with Gasteiger partial charge in [-0.15, -0.1) is 0 Å². The third-order valence-electron chi connectivity index (χ3n) is 3.54. The first kappa shape index (κ1) is 18.2. The van der Waals surface area contributed by atoms with Crippen molar-refractivity contribution in [2.45, 2.75) is 19.1 Å². The molecule has 0 aliphatic heterocycles. The van der Waals surface area contributed by atoms with Gasteiger partial charge in [-0.25, -0.2) is 0 Å². The Labute approximate surface area is 143 Å². The number of benzene rings is 2. The fourth-order valence-corrected chi connectivity index (χ4v) is 2.26. The summed E-state index contributed by atoms with van der Waals surface area (Å²) in [4.78, 5) is 21.2. The van der Waals surface area contributed by atoms with Crippen molar-refractivity contribution < 1.29 is 24.3 Å². The Bertz CT molecular complexity index is 777. The van der Waals surface area contributed by atoms with E-state index in [0.29, 0.717) is 17.1 Å². The maximum Gasteiger partial charge on any atom is 0.320 e. The molecule has 0 radical (unpaired) electrons. The van der Waals surface area contributed by atoms with Crippen LogP contribution in [0.25, 0.3) is 0 Å². The minimum Gasteiger partial charge on any atom is -0.496 e. The lowest BCUT2D eigenvalue weighted by atomic mass is 10.0. The number of carboxylic acid groups (broad SMARTS) is 1. The number of carboxylic acids is 1. The zero-order valence-electron chi connectivity index (χ0n) is 13.5. The maximum atomic E-state index is 10.9. The van der Waals surface area contributed by atoms with E-state index in [2.05, 4.69) is 0 Å². The Morgan fingerprint density at radius 3 is 2.72 bits per heavy atom. The van der Waals surface area contributed by atoms with Crippen molar-refractivity contribution in [2.75, 3.05) is 7.11 Å². The van der Waals surface area contributed by atoms with Gasteiger partial charge in [0, 0.05) is 11.6 Å². The number of nitrogens with zero attached hydrogens (tertiary/aromatic N) is 1. The summed E-state index contributed by atoms with van der Waals surface area (Å²) in [7, 11) is 1.51. The number of nitrogens with two attached hydrogens (primary N) is 1. The van der Waals surface area contributed by atoms with Gasteiger partial charge < -0.3 is 20.3 Å². The van der Waals surface area contributed by atoms with Crippen LogP contribution in [0.5, 0.6) is 11.5 Å². The highest BCUT2D eigenvalue weighted by Gasteiger charge is 2.14. The van der Waals surface area contributed by atoms with Crippen LogP contribution in [0.2, 0.25) is 0 Å². The predicted octanol–water partition coefficient (Wildman–Crippen LogP) is 2.14. The summed E-state index contributed by atoms with van der Waals surface area (Å²) < 4.78 is 10.9. The van der Waals surface area contributed by atoms with Crippen molar-refractivity contribution in [1.29, 1.82) is 0 Å². The number of aliphatic carboxylic acids is 1. The van der Waals surface area contributed by atoms with Crippen LogP contribution in [0.4, 0.5) is 5.69 Å². The van der Waals surface area contributed by atoms with Crippen molar-refractivity contribution in [3.63, 3.8) is 0 Å². The molecule has 3 N–H and O–H groups in total. The molecule has 0 aromatic heterocycles. The molecule has 1 unspecified atom stereocenters. The van der Waals surface area contributed by atoms with Crippen molar-refractivity contribution >= 4 is 11.7 Å². The molecule has 0 saturated carbocycles. The number of non-ortho nitro benzene ring substituents is 1. The van der Waals surface area contributed by atoms with E-state index < -0.39 is 16.9 Å². The molecular formula is C17H18N2O6. The zero-order chi connectivity index (χ0) is 18.4. The number of hydrogen-bond acceptors (Lipinski definition) is 6. The monoisotopic (exact) mass is 346 g/mol. The van der Waals surface area contributed by atoms with Crippen molar-refractivity contribution in [1.82, 2.24) is 0 Å². The van der Waals surface area contributed by atoms with Crippen LogP contribution in [0.3, 0.4) is 0 Å². The van der Waals surface area contributed by atoms with Crippen LogP contribution in [-0.2, 0) is 17.8 Å². The lowest BCUT2D eigenvalue weighted by molar-refractivity contribution is -0.384. The minimum atomic E-state index is -1.08. The number of rotatable bonds is 8.